The standard InChI is InChI=1S/C13H18N2O3.Li/c1-18-7-6-15-8-11(12(9-15)13(16)17)10-2-4-14-5-3-10;/h2-5,11-12H,6-9H2,1H3,(H,16,17);/q;+1/p-1/t11-,12+;/m0./s1. The number of carbonyl (C=O) groups excluding carboxylic acids is 1. The summed E-state index contributed by atoms with van der Waals surface area (Å²) in [5.41, 5.74) is 1.01. The molecule has 0 bridgehead atoms. The minimum Gasteiger partial charge on any atom is -0.550 e. The summed E-state index contributed by atoms with van der Waals surface area (Å²) in [6.07, 6.45) is 3.39. The number of rotatable bonds is 5. The Morgan fingerprint density at radius 1 is 1.47 bits per heavy atom. The molecule has 1 aliphatic heterocycles. The number of hydrogen-bond acceptors (Lipinski definition) is 5. The zero-order valence-electron chi connectivity index (χ0n) is 11.4. The normalized spacial score (nSPS) is 23.0. The van der Waals surface area contributed by atoms with E-state index in [1.54, 1.807) is 19.5 Å². The summed E-state index contributed by atoms with van der Waals surface area (Å²) < 4.78 is 5.03. The van der Waals surface area contributed by atoms with E-state index < -0.39 is 11.9 Å². The molecule has 1 aromatic heterocycles. The van der Waals surface area contributed by atoms with Crippen molar-refractivity contribution in [1.29, 1.82) is 0 Å². The van der Waals surface area contributed by atoms with Gasteiger partial charge in [-0.2, -0.15) is 0 Å². The first-order valence-electron chi connectivity index (χ1n) is 6.04. The number of aliphatic carboxylic acids is 1. The zero-order chi connectivity index (χ0) is 13.0. The van der Waals surface area contributed by atoms with Crippen molar-refractivity contribution >= 4 is 5.97 Å². The van der Waals surface area contributed by atoms with Crippen LogP contribution in [0.3, 0.4) is 0 Å². The Hall–Kier alpha value is -0.863. The number of carboxylic acids is 1. The summed E-state index contributed by atoms with van der Waals surface area (Å²) in [4.78, 5) is 17.3. The summed E-state index contributed by atoms with van der Waals surface area (Å²) >= 11 is 0. The van der Waals surface area contributed by atoms with Gasteiger partial charge in [0.25, 0.3) is 0 Å². The number of methoxy groups -OCH3 is 1. The zero-order valence-corrected chi connectivity index (χ0v) is 11.4. The van der Waals surface area contributed by atoms with Gasteiger partial charge in [0.2, 0.25) is 0 Å². The van der Waals surface area contributed by atoms with E-state index in [4.69, 9.17) is 4.74 Å². The molecule has 0 aromatic carbocycles. The second-order valence-corrected chi connectivity index (χ2v) is 4.56. The van der Waals surface area contributed by atoms with Crippen LogP contribution in [0.1, 0.15) is 11.5 Å². The first-order chi connectivity index (χ1) is 8.72. The van der Waals surface area contributed by atoms with Crippen molar-refractivity contribution in [3.05, 3.63) is 30.1 Å². The molecule has 0 saturated carbocycles. The molecule has 5 nitrogen and oxygen atoms in total. The van der Waals surface area contributed by atoms with Crippen molar-refractivity contribution in [1.82, 2.24) is 9.88 Å². The number of hydrogen-bond donors (Lipinski definition) is 0. The van der Waals surface area contributed by atoms with Gasteiger partial charge in [0.1, 0.15) is 0 Å². The van der Waals surface area contributed by atoms with Crippen molar-refractivity contribution in [3.8, 4) is 0 Å². The average Bonchev–Trinajstić information content (AvgIpc) is 2.82. The molecule has 0 N–H and O–H groups in total. The molecule has 98 valence electrons. The first-order valence-corrected chi connectivity index (χ1v) is 6.04. The van der Waals surface area contributed by atoms with Gasteiger partial charge in [-0.25, -0.2) is 0 Å². The van der Waals surface area contributed by atoms with Crippen LogP contribution in [0.5, 0.6) is 0 Å². The fraction of sp³-hybridized carbons (Fsp3) is 0.538. The van der Waals surface area contributed by atoms with Crippen LogP contribution >= 0.6 is 0 Å². The summed E-state index contributed by atoms with van der Waals surface area (Å²) in [6.45, 7) is 2.62. The van der Waals surface area contributed by atoms with Crippen LogP contribution in [-0.4, -0.2) is 49.2 Å². The summed E-state index contributed by atoms with van der Waals surface area (Å²) in [6, 6.07) is 3.75. The van der Waals surface area contributed by atoms with E-state index in [0.29, 0.717) is 13.2 Å². The van der Waals surface area contributed by atoms with E-state index in [9.17, 15) is 9.90 Å². The van der Waals surface area contributed by atoms with Gasteiger partial charge < -0.3 is 14.6 Å². The second-order valence-electron chi connectivity index (χ2n) is 4.56. The molecule has 2 heterocycles. The minimum absolute atomic E-state index is 0. The second kappa shape index (κ2) is 7.66. The van der Waals surface area contributed by atoms with E-state index in [1.807, 2.05) is 12.1 Å². The van der Waals surface area contributed by atoms with E-state index in [2.05, 4.69) is 9.88 Å². The Morgan fingerprint density at radius 2 is 2.16 bits per heavy atom. The van der Waals surface area contributed by atoms with Crippen LogP contribution in [0.15, 0.2) is 24.5 Å². The minimum atomic E-state index is -0.975. The van der Waals surface area contributed by atoms with E-state index in [1.165, 1.54) is 0 Å². The maximum atomic E-state index is 11.2. The Labute approximate surface area is 125 Å². The summed E-state index contributed by atoms with van der Waals surface area (Å²) in [5, 5.41) is 11.2. The SMILES string of the molecule is COCCN1C[C@@H](C(=O)[O-])[C@H](c2ccncc2)C1.[Li+]. The van der Waals surface area contributed by atoms with Crippen LogP contribution in [0.2, 0.25) is 0 Å². The summed E-state index contributed by atoms with van der Waals surface area (Å²) in [7, 11) is 1.65. The molecule has 0 spiro atoms. The van der Waals surface area contributed by atoms with Crippen molar-refractivity contribution in [2.45, 2.75) is 5.92 Å². The number of likely N-dealkylation sites (tertiary alicyclic amines) is 1. The summed E-state index contributed by atoms with van der Waals surface area (Å²) in [5.74, 6) is -1.45. The van der Waals surface area contributed by atoms with Gasteiger partial charge in [-0.05, 0) is 17.7 Å². The maximum Gasteiger partial charge on any atom is 1.00 e. The molecular weight excluding hydrogens is 239 g/mol. The van der Waals surface area contributed by atoms with Gasteiger partial charge in [-0.1, -0.05) is 0 Å². The Balaban J connectivity index is 0.00000180. The Kier molecular flexibility index (Phi) is 6.53. The van der Waals surface area contributed by atoms with Gasteiger partial charge in [-0.15, -0.1) is 0 Å². The van der Waals surface area contributed by atoms with Crippen LogP contribution in [0, 0.1) is 5.92 Å². The number of nitrogens with zero attached hydrogens (tertiary/aromatic N) is 2. The molecule has 0 amide bonds. The molecule has 19 heavy (non-hydrogen) atoms. The number of pyridine rings is 1. The fourth-order valence-electron chi connectivity index (χ4n) is 2.48. The van der Waals surface area contributed by atoms with Crippen LogP contribution in [0.4, 0.5) is 0 Å². The third-order valence-corrected chi connectivity index (χ3v) is 3.44. The molecule has 2 rings (SSSR count). The Bertz CT molecular complexity index is 402. The van der Waals surface area contributed by atoms with Gasteiger partial charge >= 0.3 is 18.9 Å². The van der Waals surface area contributed by atoms with Gasteiger partial charge in [-0.3, -0.25) is 9.88 Å². The quantitative estimate of drug-likeness (QED) is 0.511. The van der Waals surface area contributed by atoms with Crippen molar-refractivity contribution < 1.29 is 33.5 Å². The molecule has 0 aliphatic carbocycles. The average molecular weight is 256 g/mol. The van der Waals surface area contributed by atoms with Gasteiger partial charge in [0.15, 0.2) is 0 Å². The van der Waals surface area contributed by atoms with Gasteiger partial charge in [0, 0.05) is 56.9 Å². The molecule has 0 radical (unpaired) electrons. The molecule has 1 fully saturated rings. The first kappa shape index (κ1) is 16.2. The van der Waals surface area contributed by atoms with Crippen LogP contribution < -0.4 is 24.0 Å². The molecule has 1 aromatic rings. The molecule has 1 aliphatic rings. The van der Waals surface area contributed by atoms with E-state index in [-0.39, 0.29) is 24.8 Å². The monoisotopic (exact) mass is 256 g/mol. The number of aromatic nitrogens is 1. The van der Waals surface area contributed by atoms with Crippen LogP contribution in [-0.2, 0) is 9.53 Å². The van der Waals surface area contributed by atoms with Crippen molar-refractivity contribution in [3.63, 3.8) is 0 Å². The molecule has 6 heteroatoms. The molecule has 0 unspecified atom stereocenters. The topological polar surface area (TPSA) is 65.5 Å². The van der Waals surface area contributed by atoms with E-state index in [0.717, 1.165) is 18.7 Å². The van der Waals surface area contributed by atoms with Crippen molar-refractivity contribution in [2.75, 3.05) is 33.4 Å². The fourth-order valence-corrected chi connectivity index (χ4v) is 2.48. The number of carbonyl (C=O) groups is 1. The third kappa shape index (κ3) is 4.05. The Morgan fingerprint density at radius 3 is 2.74 bits per heavy atom. The molecule has 2 atom stereocenters. The maximum absolute atomic E-state index is 11.2. The number of ether oxygens (including phenoxy) is 1. The smallest absolute Gasteiger partial charge is 0.550 e. The van der Waals surface area contributed by atoms with Crippen LogP contribution in [0.25, 0.3) is 0 Å². The molecule has 1 saturated heterocycles. The van der Waals surface area contributed by atoms with E-state index >= 15 is 0 Å². The van der Waals surface area contributed by atoms with Gasteiger partial charge in [0.05, 0.1) is 6.61 Å². The largest absolute Gasteiger partial charge is 1.00 e. The number of carboxylic acid groups (broad SMARTS) is 1. The third-order valence-electron chi connectivity index (χ3n) is 3.44. The van der Waals surface area contributed by atoms with Crippen molar-refractivity contribution in [2.24, 2.45) is 5.92 Å². The molecular formula is C13H17LiN2O3. The predicted octanol–water partition coefficient (Wildman–Crippen LogP) is -3.50. The predicted molar refractivity (Wildman–Crippen MR) is 63.8 cm³/mol.